The maximum Gasteiger partial charge on any atom is 0.324 e. The lowest BCUT2D eigenvalue weighted by molar-refractivity contribution is -0.384. The summed E-state index contributed by atoms with van der Waals surface area (Å²) in [5.74, 6) is -1.43. The van der Waals surface area contributed by atoms with Crippen LogP contribution in [0, 0.1) is 10.1 Å². The lowest BCUT2D eigenvalue weighted by Crippen LogP contribution is -2.49. The standard InChI is InChI=1S/C10H10Cl2N2O6S/c1-10(2,9(15)16)13-21(19,20)6-4-3-5(11)8(7(6)12)14(17)18/h3-4,13H,1-2H3,(H,15,16). The van der Waals surface area contributed by atoms with Crippen molar-refractivity contribution in [3.8, 4) is 0 Å². The van der Waals surface area contributed by atoms with Gasteiger partial charge in [0.15, 0.2) is 0 Å². The van der Waals surface area contributed by atoms with Crippen molar-refractivity contribution < 1.29 is 23.2 Å². The molecule has 0 bridgehead atoms. The zero-order chi connectivity index (χ0) is 16.6. The van der Waals surface area contributed by atoms with Crippen LogP contribution < -0.4 is 4.72 Å². The molecule has 0 aliphatic rings. The zero-order valence-electron chi connectivity index (χ0n) is 10.8. The smallest absolute Gasteiger partial charge is 0.324 e. The molecule has 1 aromatic rings. The van der Waals surface area contributed by atoms with Crippen LogP contribution in [-0.2, 0) is 14.8 Å². The summed E-state index contributed by atoms with van der Waals surface area (Å²) in [5, 5.41) is 18.7. The Kier molecular flexibility index (Phi) is 4.83. The minimum atomic E-state index is -4.39. The van der Waals surface area contributed by atoms with Crippen LogP contribution in [0.2, 0.25) is 10.0 Å². The number of carbonyl (C=O) groups is 1. The van der Waals surface area contributed by atoms with Gasteiger partial charge in [0.1, 0.15) is 20.5 Å². The van der Waals surface area contributed by atoms with Gasteiger partial charge in [-0.15, -0.1) is 0 Å². The maximum absolute atomic E-state index is 12.1. The summed E-state index contributed by atoms with van der Waals surface area (Å²) < 4.78 is 26.2. The van der Waals surface area contributed by atoms with E-state index < -0.39 is 42.1 Å². The molecule has 1 aromatic carbocycles. The van der Waals surface area contributed by atoms with E-state index in [0.717, 1.165) is 26.0 Å². The minimum absolute atomic E-state index is 0.332. The van der Waals surface area contributed by atoms with E-state index in [1.165, 1.54) is 0 Å². The van der Waals surface area contributed by atoms with Crippen molar-refractivity contribution in [3.63, 3.8) is 0 Å². The Morgan fingerprint density at radius 1 is 1.38 bits per heavy atom. The van der Waals surface area contributed by atoms with Crippen LogP contribution in [0.15, 0.2) is 17.0 Å². The molecule has 0 saturated carbocycles. The van der Waals surface area contributed by atoms with Gasteiger partial charge in [0.05, 0.1) is 4.92 Å². The van der Waals surface area contributed by atoms with Gasteiger partial charge in [-0.25, -0.2) is 8.42 Å². The molecular formula is C10H10Cl2N2O6S. The Labute approximate surface area is 129 Å². The second kappa shape index (κ2) is 5.76. The molecule has 21 heavy (non-hydrogen) atoms. The molecule has 116 valence electrons. The minimum Gasteiger partial charge on any atom is -0.480 e. The topological polar surface area (TPSA) is 127 Å². The first kappa shape index (κ1) is 17.6. The van der Waals surface area contributed by atoms with Crippen LogP contribution in [0.5, 0.6) is 0 Å². The molecule has 0 spiro atoms. The first-order chi connectivity index (χ1) is 9.40. The first-order valence-electron chi connectivity index (χ1n) is 5.30. The lowest BCUT2D eigenvalue weighted by atomic mass is 10.1. The number of rotatable bonds is 5. The van der Waals surface area contributed by atoms with Gasteiger partial charge in [0.25, 0.3) is 0 Å². The maximum atomic E-state index is 12.1. The molecule has 0 aromatic heterocycles. The fraction of sp³-hybridized carbons (Fsp3) is 0.300. The van der Waals surface area contributed by atoms with E-state index >= 15 is 0 Å². The van der Waals surface area contributed by atoms with Gasteiger partial charge in [-0.05, 0) is 26.0 Å². The number of hydrogen-bond donors (Lipinski definition) is 2. The number of nitrogens with zero attached hydrogens (tertiary/aromatic N) is 1. The third-order valence-electron chi connectivity index (χ3n) is 2.43. The summed E-state index contributed by atoms with van der Waals surface area (Å²) in [5.41, 5.74) is -2.59. The van der Waals surface area contributed by atoms with E-state index in [0.29, 0.717) is 0 Å². The second-order valence-electron chi connectivity index (χ2n) is 4.50. The van der Waals surface area contributed by atoms with Gasteiger partial charge in [0.2, 0.25) is 10.0 Å². The average Bonchev–Trinajstić information content (AvgIpc) is 2.25. The Morgan fingerprint density at radius 3 is 2.33 bits per heavy atom. The molecule has 1 rings (SSSR count). The summed E-state index contributed by atoms with van der Waals surface area (Å²) in [6, 6.07) is 1.95. The molecule has 0 fully saturated rings. The van der Waals surface area contributed by atoms with E-state index in [9.17, 15) is 23.3 Å². The highest BCUT2D eigenvalue weighted by atomic mass is 35.5. The Morgan fingerprint density at radius 2 is 1.90 bits per heavy atom. The van der Waals surface area contributed by atoms with Crippen molar-refractivity contribution in [3.05, 3.63) is 32.3 Å². The molecule has 2 N–H and O–H groups in total. The van der Waals surface area contributed by atoms with Gasteiger partial charge in [-0.2, -0.15) is 4.72 Å². The van der Waals surface area contributed by atoms with Crippen molar-refractivity contribution in [2.75, 3.05) is 0 Å². The predicted octanol–water partition coefficient (Wildman–Crippen LogP) is 2.04. The van der Waals surface area contributed by atoms with Crippen LogP contribution in [0.1, 0.15) is 13.8 Å². The van der Waals surface area contributed by atoms with Crippen molar-refractivity contribution in [1.29, 1.82) is 0 Å². The van der Waals surface area contributed by atoms with E-state index in [2.05, 4.69) is 0 Å². The fourth-order valence-corrected chi connectivity index (χ4v) is 3.59. The van der Waals surface area contributed by atoms with E-state index in [1.54, 1.807) is 0 Å². The zero-order valence-corrected chi connectivity index (χ0v) is 13.1. The summed E-state index contributed by atoms with van der Waals surface area (Å²) >= 11 is 11.3. The lowest BCUT2D eigenvalue weighted by Gasteiger charge is -2.21. The second-order valence-corrected chi connectivity index (χ2v) is 6.94. The van der Waals surface area contributed by atoms with Crippen LogP contribution in [0.25, 0.3) is 0 Å². The largest absolute Gasteiger partial charge is 0.480 e. The fourth-order valence-electron chi connectivity index (χ4n) is 1.33. The van der Waals surface area contributed by atoms with Crippen LogP contribution in [0.4, 0.5) is 5.69 Å². The highest BCUT2D eigenvalue weighted by molar-refractivity contribution is 7.89. The van der Waals surface area contributed by atoms with Gasteiger partial charge >= 0.3 is 11.7 Å². The molecule has 0 amide bonds. The number of halogens is 2. The van der Waals surface area contributed by atoms with Gasteiger partial charge in [-0.3, -0.25) is 14.9 Å². The van der Waals surface area contributed by atoms with Gasteiger partial charge in [-0.1, -0.05) is 23.2 Å². The molecule has 0 aliphatic heterocycles. The summed E-state index contributed by atoms with van der Waals surface area (Å²) in [6.07, 6.45) is 0. The van der Waals surface area contributed by atoms with Crippen LogP contribution >= 0.6 is 23.2 Å². The number of hydrogen-bond acceptors (Lipinski definition) is 5. The van der Waals surface area contributed by atoms with Gasteiger partial charge in [0, 0.05) is 0 Å². The molecule has 0 saturated heterocycles. The number of nitro benzene ring substituents is 1. The van der Waals surface area contributed by atoms with Gasteiger partial charge < -0.3 is 5.11 Å². The van der Waals surface area contributed by atoms with E-state index in [-0.39, 0.29) is 5.02 Å². The Balaban J connectivity index is 3.44. The first-order valence-corrected chi connectivity index (χ1v) is 7.54. The number of carboxylic acids is 1. The Bertz CT molecular complexity index is 717. The molecule has 11 heteroatoms. The third-order valence-corrected chi connectivity index (χ3v) is 4.93. The summed E-state index contributed by atoms with van der Waals surface area (Å²) in [4.78, 5) is 20.2. The van der Waals surface area contributed by atoms with Crippen molar-refractivity contribution in [1.82, 2.24) is 4.72 Å². The third kappa shape index (κ3) is 3.62. The molecule has 0 aliphatic carbocycles. The Hall–Kier alpha value is -1.42. The molecule has 0 radical (unpaired) electrons. The number of carboxylic acid groups (broad SMARTS) is 1. The predicted molar refractivity (Wildman–Crippen MR) is 75.2 cm³/mol. The highest BCUT2D eigenvalue weighted by Crippen LogP contribution is 2.37. The molecule has 0 unspecified atom stereocenters. The summed E-state index contributed by atoms with van der Waals surface area (Å²) in [6.45, 7) is 2.23. The average molecular weight is 357 g/mol. The van der Waals surface area contributed by atoms with Crippen LogP contribution in [0.3, 0.4) is 0 Å². The number of nitrogens with one attached hydrogen (secondary N) is 1. The van der Waals surface area contributed by atoms with Crippen LogP contribution in [-0.4, -0.2) is 30.0 Å². The number of benzene rings is 1. The number of nitro groups is 1. The van der Waals surface area contributed by atoms with E-state index in [4.69, 9.17) is 28.3 Å². The normalized spacial score (nSPS) is 12.2. The molecule has 8 nitrogen and oxygen atoms in total. The molecule has 0 atom stereocenters. The van der Waals surface area contributed by atoms with Crippen molar-refractivity contribution >= 4 is 44.9 Å². The van der Waals surface area contributed by atoms with Crippen molar-refractivity contribution in [2.45, 2.75) is 24.3 Å². The SMILES string of the molecule is CC(C)(NS(=O)(=O)c1ccc(Cl)c([N+](=O)[O-])c1Cl)C(=O)O. The summed E-state index contributed by atoms with van der Waals surface area (Å²) in [7, 11) is -4.39. The number of aliphatic carboxylic acids is 1. The molecular weight excluding hydrogens is 347 g/mol. The quantitative estimate of drug-likeness (QED) is 0.613. The molecule has 0 heterocycles. The number of sulfonamides is 1. The van der Waals surface area contributed by atoms with E-state index in [1.807, 2.05) is 4.72 Å². The highest BCUT2D eigenvalue weighted by Gasteiger charge is 2.35. The monoisotopic (exact) mass is 356 g/mol. The van der Waals surface area contributed by atoms with Crippen molar-refractivity contribution in [2.24, 2.45) is 0 Å².